The molecule has 3 rings (SSSR count). The van der Waals surface area contributed by atoms with Crippen LogP contribution in [0.4, 0.5) is 0 Å². The molecule has 0 spiro atoms. The zero-order chi connectivity index (χ0) is 12.2. The Balaban J connectivity index is 1.85. The minimum absolute atomic E-state index is 0.173. The molecule has 0 saturated carbocycles. The van der Waals surface area contributed by atoms with Crippen LogP contribution < -0.4 is 5.32 Å². The first kappa shape index (κ1) is 10.8. The molecular weight excluding hydrogens is 220 g/mol. The lowest BCUT2D eigenvalue weighted by Gasteiger charge is -2.15. The van der Waals surface area contributed by atoms with Gasteiger partial charge in [0.2, 0.25) is 0 Å². The van der Waals surface area contributed by atoms with Crippen LogP contribution in [0.2, 0.25) is 0 Å². The number of rotatable bonds is 2. The van der Waals surface area contributed by atoms with E-state index in [2.05, 4.69) is 65.2 Å². The first-order valence-electron chi connectivity index (χ1n) is 5.96. The minimum atomic E-state index is 0.173. The number of benzene rings is 2. The van der Waals surface area contributed by atoms with Crippen molar-refractivity contribution >= 4 is 6.34 Å². The molecule has 1 aliphatic rings. The summed E-state index contributed by atoms with van der Waals surface area (Å²) in [5.41, 5.74) is 3.69. The van der Waals surface area contributed by atoms with E-state index in [0.717, 1.165) is 0 Å². The normalized spacial score (nSPS) is 17.4. The summed E-state index contributed by atoms with van der Waals surface area (Å²) in [7, 11) is 0. The van der Waals surface area contributed by atoms with Gasteiger partial charge in [-0.3, -0.25) is 0 Å². The van der Waals surface area contributed by atoms with Gasteiger partial charge in [-0.2, -0.15) is 0 Å². The third-order valence-electron chi connectivity index (χ3n) is 3.01. The SMILES string of the molecule is [C]1=NC=CC(c2ccc(-c3ccccc3)cc2)N1. The highest BCUT2D eigenvalue weighted by atomic mass is 15.0. The van der Waals surface area contributed by atoms with Crippen LogP contribution in [-0.4, -0.2) is 6.34 Å². The van der Waals surface area contributed by atoms with E-state index in [9.17, 15) is 0 Å². The molecule has 0 aliphatic carbocycles. The molecule has 1 unspecified atom stereocenters. The second-order valence-electron chi connectivity index (χ2n) is 4.19. The lowest BCUT2D eigenvalue weighted by Crippen LogP contribution is -2.19. The summed E-state index contributed by atoms with van der Waals surface area (Å²) in [5, 5.41) is 3.09. The van der Waals surface area contributed by atoms with E-state index in [1.165, 1.54) is 16.7 Å². The van der Waals surface area contributed by atoms with Crippen molar-refractivity contribution in [2.75, 3.05) is 0 Å². The summed E-state index contributed by atoms with van der Waals surface area (Å²) >= 11 is 0. The van der Waals surface area contributed by atoms with Crippen molar-refractivity contribution in [2.24, 2.45) is 4.99 Å². The Bertz CT molecular complexity index is 568. The van der Waals surface area contributed by atoms with Gasteiger partial charge in [0.05, 0.1) is 6.04 Å². The summed E-state index contributed by atoms with van der Waals surface area (Å²) in [4.78, 5) is 3.88. The molecule has 2 aromatic carbocycles. The number of aliphatic imine (C=N–C) groups is 1. The first-order valence-corrected chi connectivity index (χ1v) is 5.96. The number of hydrogen-bond donors (Lipinski definition) is 1. The number of hydrogen-bond acceptors (Lipinski definition) is 2. The molecule has 2 aromatic rings. The maximum Gasteiger partial charge on any atom is 0.169 e. The lowest BCUT2D eigenvalue weighted by atomic mass is 10.0. The molecule has 0 saturated heterocycles. The van der Waals surface area contributed by atoms with Crippen molar-refractivity contribution in [3.63, 3.8) is 0 Å². The fourth-order valence-electron chi connectivity index (χ4n) is 2.03. The maximum atomic E-state index is 3.88. The van der Waals surface area contributed by atoms with Crippen LogP contribution in [0, 0.1) is 0 Å². The van der Waals surface area contributed by atoms with Crippen LogP contribution in [0.3, 0.4) is 0 Å². The molecule has 0 amide bonds. The molecule has 1 radical (unpaired) electrons. The Hall–Kier alpha value is -2.35. The van der Waals surface area contributed by atoms with Crippen LogP contribution >= 0.6 is 0 Å². The monoisotopic (exact) mass is 233 g/mol. The third-order valence-corrected chi connectivity index (χ3v) is 3.01. The summed E-state index contributed by atoms with van der Waals surface area (Å²) in [6, 6.07) is 19.1. The van der Waals surface area contributed by atoms with Crippen molar-refractivity contribution in [3.05, 3.63) is 72.4 Å². The van der Waals surface area contributed by atoms with Gasteiger partial charge in [0.15, 0.2) is 6.34 Å². The van der Waals surface area contributed by atoms with Crippen LogP contribution in [0.1, 0.15) is 11.6 Å². The third kappa shape index (κ3) is 2.18. The van der Waals surface area contributed by atoms with Crippen molar-refractivity contribution in [1.82, 2.24) is 5.32 Å². The van der Waals surface area contributed by atoms with Crippen LogP contribution in [-0.2, 0) is 0 Å². The Morgan fingerprint density at radius 2 is 1.61 bits per heavy atom. The summed E-state index contributed by atoms with van der Waals surface area (Å²) in [6.07, 6.45) is 6.56. The molecule has 0 fully saturated rings. The summed E-state index contributed by atoms with van der Waals surface area (Å²) < 4.78 is 0. The van der Waals surface area contributed by atoms with E-state index in [0.29, 0.717) is 0 Å². The standard InChI is InChI=1S/C16H13N2/c1-2-4-13(5-3-1)14-6-8-15(9-7-14)16-10-11-17-12-18-16/h1-11,16H,(H,17,18). The second kappa shape index (κ2) is 4.88. The van der Waals surface area contributed by atoms with Crippen LogP contribution in [0.25, 0.3) is 11.1 Å². The Morgan fingerprint density at radius 3 is 2.28 bits per heavy atom. The molecule has 2 nitrogen and oxygen atoms in total. The molecule has 1 N–H and O–H groups in total. The lowest BCUT2D eigenvalue weighted by molar-refractivity contribution is 0.790. The molecule has 2 heteroatoms. The topological polar surface area (TPSA) is 24.4 Å². The average Bonchev–Trinajstić information content (AvgIpc) is 2.49. The van der Waals surface area contributed by atoms with Gasteiger partial charge < -0.3 is 5.32 Å². The van der Waals surface area contributed by atoms with Gasteiger partial charge in [0, 0.05) is 6.20 Å². The van der Waals surface area contributed by atoms with E-state index < -0.39 is 0 Å². The van der Waals surface area contributed by atoms with Gasteiger partial charge in [-0.05, 0) is 22.8 Å². The predicted molar refractivity (Wildman–Crippen MR) is 74.3 cm³/mol. The Labute approximate surface area is 107 Å². The van der Waals surface area contributed by atoms with Gasteiger partial charge in [-0.1, -0.05) is 54.6 Å². The maximum absolute atomic E-state index is 3.88. The molecule has 87 valence electrons. The molecule has 1 heterocycles. The van der Waals surface area contributed by atoms with Gasteiger partial charge in [0.25, 0.3) is 0 Å². The van der Waals surface area contributed by atoms with Crippen LogP contribution in [0.5, 0.6) is 0 Å². The van der Waals surface area contributed by atoms with Crippen molar-refractivity contribution in [1.29, 1.82) is 0 Å². The molecule has 18 heavy (non-hydrogen) atoms. The average molecular weight is 233 g/mol. The largest absolute Gasteiger partial charge is 0.357 e. The van der Waals surface area contributed by atoms with Crippen molar-refractivity contribution in [2.45, 2.75) is 6.04 Å². The molecule has 1 aliphatic heterocycles. The molecule has 1 atom stereocenters. The van der Waals surface area contributed by atoms with Crippen molar-refractivity contribution in [3.8, 4) is 11.1 Å². The second-order valence-corrected chi connectivity index (χ2v) is 4.19. The van der Waals surface area contributed by atoms with E-state index >= 15 is 0 Å². The van der Waals surface area contributed by atoms with Gasteiger partial charge in [-0.25, -0.2) is 4.99 Å². The van der Waals surface area contributed by atoms with Crippen LogP contribution in [0.15, 0.2) is 71.9 Å². The Kier molecular flexibility index (Phi) is 2.92. The summed E-state index contributed by atoms with van der Waals surface area (Å²) in [5.74, 6) is 0. The van der Waals surface area contributed by atoms with E-state index in [4.69, 9.17) is 0 Å². The number of nitrogens with zero attached hydrogens (tertiary/aromatic N) is 1. The number of nitrogens with one attached hydrogen (secondary N) is 1. The molecule has 0 bridgehead atoms. The highest BCUT2D eigenvalue weighted by Gasteiger charge is 2.08. The molecular formula is C16H13N2. The summed E-state index contributed by atoms with van der Waals surface area (Å²) in [6.45, 7) is 0. The van der Waals surface area contributed by atoms with Gasteiger partial charge >= 0.3 is 0 Å². The quantitative estimate of drug-likeness (QED) is 0.844. The smallest absolute Gasteiger partial charge is 0.169 e. The molecule has 0 aromatic heterocycles. The van der Waals surface area contributed by atoms with Crippen molar-refractivity contribution < 1.29 is 0 Å². The predicted octanol–water partition coefficient (Wildman–Crippen LogP) is 3.42. The highest BCUT2D eigenvalue weighted by Crippen LogP contribution is 2.22. The van der Waals surface area contributed by atoms with E-state index in [-0.39, 0.29) is 6.04 Å². The van der Waals surface area contributed by atoms with Gasteiger partial charge in [-0.15, -0.1) is 0 Å². The first-order chi connectivity index (χ1) is 8.93. The highest BCUT2D eigenvalue weighted by molar-refractivity contribution is 5.64. The fraction of sp³-hybridized carbons (Fsp3) is 0.0625. The Morgan fingerprint density at radius 1 is 0.889 bits per heavy atom. The fourth-order valence-corrected chi connectivity index (χ4v) is 2.03. The zero-order valence-electron chi connectivity index (χ0n) is 9.88. The van der Waals surface area contributed by atoms with E-state index in [1.807, 2.05) is 12.1 Å². The van der Waals surface area contributed by atoms with E-state index in [1.54, 1.807) is 6.20 Å². The van der Waals surface area contributed by atoms with Gasteiger partial charge in [0.1, 0.15) is 0 Å². The minimum Gasteiger partial charge on any atom is -0.357 e. The zero-order valence-corrected chi connectivity index (χ0v) is 9.88.